The lowest BCUT2D eigenvalue weighted by molar-refractivity contribution is 0.165. The van der Waals surface area contributed by atoms with Crippen molar-refractivity contribution in [3.05, 3.63) is 48.0 Å². The van der Waals surface area contributed by atoms with Crippen molar-refractivity contribution in [2.75, 3.05) is 13.1 Å². The summed E-state index contributed by atoms with van der Waals surface area (Å²) in [6.45, 7) is 6.78. The minimum atomic E-state index is 0.0819. The summed E-state index contributed by atoms with van der Waals surface area (Å²) in [5, 5.41) is 2.57. The number of nitrogens with zero attached hydrogens (tertiary/aromatic N) is 1. The van der Waals surface area contributed by atoms with Gasteiger partial charge in [-0.3, -0.25) is 4.90 Å². The smallest absolute Gasteiger partial charge is 0.0430 e. The number of nitrogens with two attached hydrogens (primary N) is 1. The molecule has 2 N–H and O–H groups in total. The van der Waals surface area contributed by atoms with Gasteiger partial charge in [-0.25, -0.2) is 0 Å². The molecule has 0 bridgehead atoms. The number of benzene rings is 2. The molecule has 0 aliphatic carbocycles. The Morgan fingerprint density at radius 1 is 1.15 bits per heavy atom. The maximum absolute atomic E-state index is 6.52. The molecule has 1 unspecified atom stereocenters. The average molecular weight is 268 g/mol. The van der Waals surface area contributed by atoms with Gasteiger partial charge in [-0.2, -0.15) is 0 Å². The Morgan fingerprint density at radius 2 is 1.90 bits per heavy atom. The zero-order valence-corrected chi connectivity index (χ0v) is 12.5. The molecule has 2 aromatic carbocycles. The van der Waals surface area contributed by atoms with Gasteiger partial charge in [-0.05, 0) is 49.6 Å². The monoisotopic (exact) mass is 268 g/mol. The first-order valence-electron chi connectivity index (χ1n) is 7.56. The van der Waals surface area contributed by atoms with Crippen LogP contribution in [0.1, 0.15) is 38.3 Å². The summed E-state index contributed by atoms with van der Waals surface area (Å²) in [5.41, 5.74) is 8.08. The fourth-order valence-electron chi connectivity index (χ4n) is 3.41. The van der Waals surface area contributed by atoms with Crippen LogP contribution in [0, 0.1) is 0 Å². The maximum atomic E-state index is 6.52. The summed E-state index contributed by atoms with van der Waals surface area (Å²) in [7, 11) is 0. The van der Waals surface area contributed by atoms with Crippen LogP contribution in [0.15, 0.2) is 42.5 Å². The molecule has 1 fully saturated rings. The van der Waals surface area contributed by atoms with E-state index < -0.39 is 0 Å². The van der Waals surface area contributed by atoms with Crippen LogP contribution in [0.5, 0.6) is 0 Å². The highest BCUT2D eigenvalue weighted by atomic mass is 15.2. The molecule has 1 aliphatic rings. The standard InChI is InChI=1S/C18H24N2/c1-18(2)11-6-12-20(18)13-17(19)16-10-5-8-14-7-3-4-9-15(14)16/h3-5,7-10,17H,6,11-13,19H2,1-2H3. The second kappa shape index (κ2) is 5.19. The molecule has 0 aromatic heterocycles. The topological polar surface area (TPSA) is 29.3 Å². The Balaban J connectivity index is 1.87. The van der Waals surface area contributed by atoms with Crippen LogP contribution < -0.4 is 5.73 Å². The first kappa shape index (κ1) is 13.6. The minimum Gasteiger partial charge on any atom is -0.323 e. The lowest BCUT2D eigenvalue weighted by atomic mass is 9.97. The summed E-state index contributed by atoms with van der Waals surface area (Å²) >= 11 is 0. The number of rotatable bonds is 3. The van der Waals surface area contributed by atoms with Crippen molar-refractivity contribution in [2.45, 2.75) is 38.3 Å². The predicted octanol–water partition coefficient (Wildman–Crippen LogP) is 3.71. The zero-order chi connectivity index (χ0) is 14.2. The highest BCUT2D eigenvalue weighted by molar-refractivity contribution is 5.86. The Labute approximate surface area is 121 Å². The van der Waals surface area contributed by atoms with Gasteiger partial charge in [-0.1, -0.05) is 42.5 Å². The molecule has 0 saturated carbocycles. The van der Waals surface area contributed by atoms with E-state index in [0.717, 1.165) is 6.54 Å². The van der Waals surface area contributed by atoms with Crippen LogP contribution in [0.25, 0.3) is 10.8 Å². The van der Waals surface area contributed by atoms with Crippen LogP contribution in [0.4, 0.5) is 0 Å². The van der Waals surface area contributed by atoms with Crippen LogP contribution in [-0.2, 0) is 0 Å². The molecule has 3 rings (SSSR count). The van der Waals surface area contributed by atoms with E-state index in [4.69, 9.17) is 5.73 Å². The normalized spacial score (nSPS) is 20.4. The second-order valence-corrected chi connectivity index (χ2v) is 6.54. The Kier molecular flexibility index (Phi) is 3.53. The van der Waals surface area contributed by atoms with Crippen molar-refractivity contribution >= 4 is 10.8 Å². The highest BCUT2D eigenvalue weighted by Gasteiger charge is 2.32. The van der Waals surface area contributed by atoms with Gasteiger partial charge in [0, 0.05) is 18.1 Å². The Hall–Kier alpha value is -1.38. The van der Waals surface area contributed by atoms with E-state index in [0.29, 0.717) is 5.54 Å². The molecule has 106 valence electrons. The third-order valence-corrected chi connectivity index (χ3v) is 4.71. The highest BCUT2D eigenvalue weighted by Crippen LogP contribution is 2.31. The van der Waals surface area contributed by atoms with Crippen molar-refractivity contribution in [1.29, 1.82) is 0 Å². The van der Waals surface area contributed by atoms with Crippen LogP contribution >= 0.6 is 0 Å². The van der Waals surface area contributed by atoms with Crippen molar-refractivity contribution in [2.24, 2.45) is 5.73 Å². The molecule has 1 heterocycles. The number of hydrogen-bond acceptors (Lipinski definition) is 2. The number of fused-ring (bicyclic) bond motifs is 1. The van der Waals surface area contributed by atoms with Crippen LogP contribution in [0.3, 0.4) is 0 Å². The third-order valence-electron chi connectivity index (χ3n) is 4.71. The molecule has 1 saturated heterocycles. The quantitative estimate of drug-likeness (QED) is 0.919. The number of likely N-dealkylation sites (tertiary alicyclic amines) is 1. The molecule has 2 heteroatoms. The summed E-state index contributed by atoms with van der Waals surface area (Å²) in [6, 6.07) is 15.1. The van der Waals surface area contributed by atoms with Gasteiger partial charge in [0.05, 0.1) is 0 Å². The summed E-state index contributed by atoms with van der Waals surface area (Å²) in [5.74, 6) is 0. The van der Waals surface area contributed by atoms with Gasteiger partial charge < -0.3 is 5.73 Å². The van der Waals surface area contributed by atoms with E-state index in [1.54, 1.807) is 0 Å². The molecule has 2 aromatic rings. The van der Waals surface area contributed by atoms with Crippen molar-refractivity contribution in [3.8, 4) is 0 Å². The first-order valence-corrected chi connectivity index (χ1v) is 7.56. The summed E-state index contributed by atoms with van der Waals surface area (Å²) in [4.78, 5) is 2.54. The second-order valence-electron chi connectivity index (χ2n) is 6.54. The molecule has 0 amide bonds. The Morgan fingerprint density at radius 3 is 2.65 bits per heavy atom. The minimum absolute atomic E-state index is 0.0819. The SMILES string of the molecule is CC1(C)CCCN1CC(N)c1cccc2ccccc12. The molecule has 1 aliphatic heterocycles. The predicted molar refractivity (Wildman–Crippen MR) is 85.8 cm³/mol. The molecular formula is C18H24N2. The van der Waals surface area contributed by atoms with Crippen LogP contribution in [-0.4, -0.2) is 23.5 Å². The molecule has 0 spiro atoms. The number of hydrogen-bond donors (Lipinski definition) is 1. The van der Waals surface area contributed by atoms with Gasteiger partial charge in [0.2, 0.25) is 0 Å². The van der Waals surface area contributed by atoms with Crippen molar-refractivity contribution in [1.82, 2.24) is 4.90 Å². The van der Waals surface area contributed by atoms with Crippen LogP contribution in [0.2, 0.25) is 0 Å². The maximum Gasteiger partial charge on any atom is 0.0430 e. The van der Waals surface area contributed by atoms with Gasteiger partial charge in [0.15, 0.2) is 0 Å². The van der Waals surface area contributed by atoms with Crippen molar-refractivity contribution < 1.29 is 0 Å². The van der Waals surface area contributed by atoms with Crippen molar-refractivity contribution in [3.63, 3.8) is 0 Å². The summed E-state index contributed by atoms with van der Waals surface area (Å²) in [6.07, 6.45) is 2.56. The van der Waals surface area contributed by atoms with E-state index in [2.05, 4.69) is 61.2 Å². The van der Waals surface area contributed by atoms with E-state index >= 15 is 0 Å². The van der Waals surface area contributed by atoms with E-state index in [1.165, 1.54) is 35.7 Å². The average Bonchev–Trinajstić information content (AvgIpc) is 2.77. The lowest BCUT2D eigenvalue weighted by Gasteiger charge is -2.33. The van der Waals surface area contributed by atoms with Gasteiger partial charge in [0.25, 0.3) is 0 Å². The fourth-order valence-corrected chi connectivity index (χ4v) is 3.41. The van der Waals surface area contributed by atoms with Gasteiger partial charge >= 0.3 is 0 Å². The lowest BCUT2D eigenvalue weighted by Crippen LogP contribution is -2.42. The molecule has 0 radical (unpaired) electrons. The largest absolute Gasteiger partial charge is 0.323 e. The van der Waals surface area contributed by atoms with Gasteiger partial charge in [-0.15, -0.1) is 0 Å². The molecule has 2 nitrogen and oxygen atoms in total. The Bertz CT molecular complexity index is 598. The first-order chi connectivity index (χ1) is 9.58. The fraction of sp³-hybridized carbons (Fsp3) is 0.444. The van der Waals surface area contributed by atoms with Gasteiger partial charge in [0.1, 0.15) is 0 Å². The summed E-state index contributed by atoms with van der Waals surface area (Å²) < 4.78 is 0. The molecule has 20 heavy (non-hydrogen) atoms. The van der Waals surface area contributed by atoms with E-state index in [9.17, 15) is 0 Å². The molecular weight excluding hydrogens is 244 g/mol. The van der Waals surface area contributed by atoms with E-state index in [1.807, 2.05) is 0 Å². The van der Waals surface area contributed by atoms with E-state index in [-0.39, 0.29) is 6.04 Å². The third kappa shape index (κ3) is 2.46. The zero-order valence-electron chi connectivity index (χ0n) is 12.5. The molecule has 1 atom stereocenters.